The summed E-state index contributed by atoms with van der Waals surface area (Å²) in [5.74, 6) is -0.667. The summed E-state index contributed by atoms with van der Waals surface area (Å²) in [5, 5.41) is 13.5. The number of carboxylic acid groups (broad SMARTS) is 1. The highest BCUT2D eigenvalue weighted by molar-refractivity contribution is 9.13. The van der Waals surface area contributed by atoms with Crippen LogP contribution < -0.4 is 20.7 Å². The number of fused-ring (bicyclic) bond motifs is 1. The molecule has 1 aromatic heterocycles. The van der Waals surface area contributed by atoms with Crippen LogP contribution in [0.5, 0.6) is 11.5 Å². The number of nitrogens with one attached hydrogen (secondary N) is 1. The van der Waals surface area contributed by atoms with Crippen LogP contribution in [0.25, 0.3) is 10.9 Å². The SMILES string of the molecule is CCOc1cc(C=Nn2c(=O)[nH]c3ccccc3c2=O)c(Br)c(Br)c1O[C@@H](C)C(=O)O. The van der Waals surface area contributed by atoms with Gasteiger partial charge >= 0.3 is 11.7 Å². The lowest BCUT2D eigenvalue weighted by atomic mass is 10.2. The predicted octanol–water partition coefficient (Wildman–Crippen LogP) is 3.35. The number of hydrogen-bond donors (Lipinski definition) is 2. The fourth-order valence-electron chi connectivity index (χ4n) is 2.68. The first-order chi connectivity index (χ1) is 14.7. The number of carboxylic acids is 1. The molecule has 2 N–H and O–H groups in total. The molecular formula is C20H17Br2N3O6. The summed E-state index contributed by atoms with van der Waals surface area (Å²) in [6, 6.07) is 8.19. The lowest BCUT2D eigenvalue weighted by Crippen LogP contribution is -2.32. The summed E-state index contributed by atoms with van der Waals surface area (Å²) >= 11 is 6.77. The van der Waals surface area contributed by atoms with E-state index in [-0.39, 0.29) is 11.5 Å². The zero-order valence-corrected chi connectivity index (χ0v) is 19.6. The fraction of sp³-hybridized carbons (Fsp3) is 0.200. The van der Waals surface area contributed by atoms with Crippen LogP contribution >= 0.6 is 31.9 Å². The van der Waals surface area contributed by atoms with E-state index in [0.29, 0.717) is 32.0 Å². The second kappa shape index (κ2) is 9.48. The molecule has 1 heterocycles. The Hall–Kier alpha value is -2.92. The molecule has 0 aliphatic rings. The summed E-state index contributed by atoms with van der Waals surface area (Å²) in [5.41, 5.74) is -0.368. The number of H-pyrrole nitrogens is 1. The van der Waals surface area contributed by atoms with Gasteiger partial charge in [-0.15, -0.1) is 4.68 Å². The fourth-order valence-corrected chi connectivity index (χ4v) is 3.59. The van der Waals surface area contributed by atoms with Gasteiger partial charge in [0.1, 0.15) is 0 Å². The smallest absolute Gasteiger partial charge is 0.349 e. The molecule has 31 heavy (non-hydrogen) atoms. The maximum Gasteiger partial charge on any atom is 0.349 e. The zero-order valence-electron chi connectivity index (χ0n) is 16.4. The van der Waals surface area contributed by atoms with E-state index in [1.54, 1.807) is 37.3 Å². The molecule has 0 aliphatic heterocycles. The van der Waals surface area contributed by atoms with Crippen molar-refractivity contribution in [1.82, 2.24) is 9.66 Å². The molecule has 3 aromatic rings. The van der Waals surface area contributed by atoms with E-state index in [0.717, 1.165) is 4.68 Å². The number of ether oxygens (including phenoxy) is 2. The Morgan fingerprint density at radius 3 is 2.68 bits per heavy atom. The minimum absolute atomic E-state index is 0.196. The van der Waals surface area contributed by atoms with Gasteiger partial charge in [0, 0.05) is 10.0 Å². The number of hydrogen-bond acceptors (Lipinski definition) is 6. The normalized spacial score (nSPS) is 12.3. The Labute approximate surface area is 192 Å². The minimum Gasteiger partial charge on any atom is -0.490 e. The second-order valence-corrected chi connectivity index (χ2v) is 7.88. The molecule has 0 radical (unpaired) electrons. The van der Waals surface area contributed by atoms with Crippen molar-refractivity contribution in [3.05, 3.63) is 65.7 Å². The van der Waals surface area contributed by atoms with Crippen LogP contribution in [0.2, 0.25) is 0 Å². The number of aromatic amines is 1. The van der Waals surface area contributed by atoms with Crippen molar-refractivity contribution in [2.45, 2.75) is 20.0 Å². The van der Waals surface area contributed by atoms with Gasteiger partial charge in [0.05, 0.1) is 28.2 Å². The van der Waals surface area contributed by atoms with Crippen molar-refractivity contribution in [1.29, 1.82) is 0 Å². The van der Waals surface area contributed by atoms with Crippen molar-refractivity contribution in [2.75, 3.05) is 6.61 Å². The molecule has 2 aromatic carbocycles. The quantitative estimate of drug-likeness (QED) is 0.432. The average molecular weight is 555 g/mol. The number of rotatable bonds is 7. The average Bonchev–Trinajstić information content (AvgIpc) is 2.73. The molecule has 1 atom stereocenters. The molecule has 0 bridgehead atoms. The van der Waals surface area contributed by atoms with E-state index in [1.807, 2.05) is 0 Å². The number of benzene rings is 2. The third-order valence-electron chi connectivity index (χ3n) is 4.19. The van der Waals surface area contributed by atoms with Gasteiger partial charge in [-0.25, -0.2) is 9.59 Å². The van der Waals surface area contributed by atoms with Crippen LogP contribution in [0.3, 0.4) is 0 Å². The van der Waals surface area contributed by atoms with Crippen molar-refractivity contribution < 1.29 is 19.4 Å². The van der Waals surface area contributed by atoms with Gasteiger partial charge in [0.25, 0.3) is 5.56 Å². The molecule has 3 rings (SSSR count). The van der Waals surface area contributed by atoms with Gasteiger partial charge in [0.2, 0.25) is 0 Å². The zero-order chi connectivity index (χ0) is 22.7. The summed E-state index contributed by atoms with van der Waals surface area (Å²) in [6.45, 7) is 3.46. The van der Waals surface area contributed by atoms with Gasteiger partial charge in [-0.2, -0.15) is 5.10 Å². The molecule has 0 spiro atoms. The second-order valence-electron chi connectivity index (χ2n) is 6.29. The molecule has 11 heteroatoms. The van der Waals surface area contributed by atoms with Crippen molar-refractivity contribution >= 4 is 54.9 Å². The van der Waals surface area contributed by atoms with Crippen molar-refractivity contribution in [3.8, 4) is 11.5 Å². The Kier molecular flexibility index (Phi) is 6.96. The van der Waals surface area contributed by atoms with Crippen molar-refractivity contribution in [3.63, 3.8) is 0 Å². The number of aromatic nitrogens is 2. The summed E-state index contributed by atoms with van der Waals surface area (Å²) in [7, 11) is 0. The van der Waals surface area contributed by atoms with Gasteiger partial charge in [-0.3, -0.25) is 4.79 Å². The Morgan fingerprint density at radius 1 is 1.29 bits per heavy atom. The largest absolute Gasteiger partial charge is 0.490 e. The van der Waals surface area contributed by atoms with Crippen LogP contribution in [0, 0.1) is 0 Å². The van der Waals surface area contributed by atoms with E-state index >= 15 is 0 Å². The van der Waals surface area contributed by atoms with E-state index in [4.69, 9.17) is 14.6 Å². The number of halogens is 2. The van der Waals surface area contributed by atoms with E-state index < -0.39 is 23.3 Å². The lowest BCUT2D eigenvalue weighted by Gasteiger charge is -2.18. The Balaban J connectivity index is 2.09. The first kappa shape index (κ1) is 22.8. The van der Waals surface area contributed by atoms with Gasteiger partial charge in [-0.05, 0) is 63.9 Å². The van der Waals surface area contributed by atoms with Gasteiger partial charge < -0.3 is 19.6 Å². The van der Waals surface area contributed by atoms with E-state index in [9.17, 15) is 14.4 Å². The molecule has 0 amide bonds. The highest BCUT2D eigenvalue weighted by Gasteiger charge is 2.22. The van der Waals surface area contributed by atoms with Crippen LogP contribution in [0.4, 0.5) is 0 Å². The molecule has 9 nitrogen and oxygen atoms in total. The summed E-state index contributed by atoms with van der Waals surface area (Å²) in [4.78, 5) is 38.7. The van der Waals surface area contributed by atoms with Crippen LogP contribution in [-0.2, 0) is 4.79 Å². The van der Waals surface area contributed by atoms with Crippen LogP contribution in [0.15, 0.2) is 54.0 Å². The number of para-hydroxylation sites is 1. The molecule has 0 saturated carbocycles. The molecule has 0 aliphatic carbocycles. The predicted molar refractivity (Wildman–Crippen MR) is 123 cm³/mol. The Bertz CT molecular complexity index is 1300. The maximum atomic E-state index is 12.6. The van der Waals surface area contributed by atoms with E-state index in [2.05, 4.69) is 41.9 Å². The van der Waals surface area contributed by atoms with Crippen LogP contribution in [0.1, 0.15) is 19.4 Å². The third-order valence-corrected chi connectivity index (χ3v) is 6.34. The number of nitrogens with zero attached hydrogens (tertiary/aromatic N) is 2. The number of aliphatic carboxylic acids is 1. The highest BCUT2D eigenvalue weighted by Crippen LogP contribution is 2.43. The summed E-state index contributed by atoms with van der Waals surface area (Å²) in [6.07, 6.45) is 0.198. The molecule has 162 valence electrons. The Morgan fingerprint density at radius 2 is 2.00 bits per heavy atom. The lowest BCUT2D eigenvalue weighted by molar-refractivity contribution is -0.144. The highest BCUT2D eigenvalue weighted by atomic mass is 79.9. The van der Waals surface area contributed by atoms with Gasteiger partial charge in [-0.1, -0.05) is 12.1 Å². The van der Waals surface area contributed by atoms with Gasteiger partial charge in [0.15, 0.2) is 17.6 Å². The van der Waals surface area contributed by atoms with Crippen molar-refractivity contribution in [2.24, 2.45) is 5.10 Å². The van der Waals surface area contributed by atoms with Crippen LogP contribution in [-0.4, -0.2) is 39.7 Å². The minimum atomic E-state index is -1.13. The topological polar surface area (TPSA) is 123 Å². The third kappa shape index (κ3) is 4.72. The van der Waals surface area contributed by atoms with E-state index in [1.165, 1.54) is 13.1 Å². The molecule has 0 saturated heterocycles. The molecular weight excluding hydrogens is 538 g/mol. The number of carbonyl (C=O) groups is 1. The summed E-state index contributed by atoms with van der Waals surface area (Å²) < 4.78 is 12.7. The molecule has 0 unspecified atom stereocenters. The standard InChI is InChI=1S/C20H17Br2N3O6/c1-3-30-14-8-11(15(21)16(22)17(14)31-10(2)19(27)28)9-23-25-18(26)12-6-4-5-7-13(12)24-20(25)29/h4-10H,3H2,1-2H3,(H,24,29)(H,27,28)/t10-/m0/s1. The maximum absolute atomic E-state index is 12.6. The molecule has 0 fully saturated rings. The first-order valence-corrected chi connectivity index (χ1v) is 10.7. The monoisotopic (exact) mass is 553 g/mol. The first-order valence-electron chi connectivity index (χ1n) is 9.07.